The van der Waals surface area contributed by atoms with E-state index in [4.69, 9.17) is 5.11 Å². The molecule has 20 heavy (non-hydrogen) atoms. The summed E-state index contributed by atoms with van der Waals surface area (Å²) in [6.07, 6.45) is -0.643. The maximum absolute atomic E-state index is 11.7. The van der Waals surface area contributed by atoms with Gasteiger partial charge >= 0.3 is 12.1 Å². The predicted octanol–water partition coefficient (Wildman–Crippen LogP) is 0.440. The van der Waals surface area contributed by atoms with Crippen molar-refractivity contribution in [1.29, 1.82) is 0 Å². The van der Waals surface area contributed by atoms with Gasteiger partial charge in [0.2, 0.25) is 0 Å². The first-order chi connectivity index (χ1) is 9.45. The standard InChI is InChI=1S/C13H16N2O5/c16-10-4-6-15(12(19)20)8-13(10,11(17)18)7-9-3-1-2-5-14-9/h1-3,5,10,16H,4,6-8H2,(H,17,18)(H,19,20). The number of likely N-dealkylation sites (tertiary alicyclic amines) is 1. The van der Waals surface area contributed by atoms with Crippen LogP contribution in [0.25, 0.3) is 0 Å². The third-order valence-corrected chi connectivity index (χ3v) is 3.70. The van der Waals surface area contributed by atoms with Gasteiger partial charge in [-0.05, 0) is 18.6 Å². The number of hydrogen-bond donors (Lipinski definition) is 3. The first kappa shape index (κ1) is 14.3. The molecule has 1 aromatic heterocycles. The first-order valence-corrected chi connectivity index (χ1v) is 6.25. The zero-order valence-corrected chi connectivity index (χ0v) is 10.8. The van der Waals surface area contributed by atoms with Crippen LogP contribution in [0.3, 0.4) is 0 Å². The molecule has 1 aliphatic heterocycles. The molecule has 2 heterocycles. The van der Waals surface area contributed by atoms with Crippen molar-refractivity contribution in [3.05, 3.63) is 30.1 Å². The van der Waals surface area contributed by atoms with Crippen molar-refractivity contribution < 1.29 is 24.9 Å². The number of aliphatic hydroxyl groups excluding tert-OH is 1. The Kier molecular flexibility index (Phi) is 3.89. The molecule has 108 valence electrons. The van der Waals surface area contributed by atoms with Crippen LogP contribution in [-0.2, 0) is 11.2 Å². The van der Waals surface area contributed by atoms with E-state index in [2.05, 4.69) is 4.98 Å². The number of carboxylic acids is 1. The predicted molar refractivity (Wildman–Crippen MR) is 68.2 cm³/mol. The molecule has 0 aromatic carbocycles. The van der Waals surface area contributed by atoms with Crippen molar-refractivity contribution >= 4 is 12.1 Å². The molecule has 0 saturated carbocycles. The molecule has 1 amide bonds. The fourth-order valence-electron chi connectivity index (χ4n) is 2.53. The number of amides is 1. The summed E-state index contributed by atoms with van der Waals surface area (Å²) in [7, 11) is 0. The minimum absolute atomic E-state index is 0.00583. The van der Waals surface area contributed by atoms with Crippen LogP contribution in [0, 0.1) is 5.41 Å². The fraction of sp³-hybridized carbons (Fsp3) is 0.462. The fourth-order valence-corrected chi connectivity index (χ4v) is 2.53. The number of aliphatic hydroxyl groups is 1. The van der Waals surface area contributed by atoms with Gasteiger partial charge in [0.15, 0.2) is 0 Å². The Morgan fingerprint density at radius 3 is 2.70 bits per heavy atom. The normalized spacial score (nSPS) is 26.2. The van der Waals surface area contributed by atoms with Crippen molar-refractivity contribution in [3.63, 3.8) is 0 Å². The second-order valence-corrected chi connectivity index (χ2v) is 4.97. The molecular formula is C13H16N2O5. The minimum Gasteiger partial charge on any atom is -0.481 e. The van der Waals surface area contributed by atoms with E-state index in [9.17, 15) is 19.8 Å². The lowest BCUT2D eigenvalue weighted by Gasteiger charge is -2.42. The number of rotatable bonds is 3. The van der Waals surface area contributed by atoms with Gasteiger partial charge < -0.3 is 20.2 Å². The Bertz CT molecular complexity index is 507. The zero-order valence-electron chi connectivity index (χ0n) is 10.8. The van der Waals surface area contributed by atoms with Gasteiger partial charge in [-0.15, -0.1) is 0 Å². The number of hydrogen-bond acceptors (Lipinski definition) is 4. The summed E-state index contributed by atoms with van der Waals surface area (Å²) in [5.74, 6) is -1.21. The van der Waals surface area contributed by atoms with Crippen LogP contribution in [0.15, 0.2) is 24.4 Å². The Morgan fingerprint density at radius 1 is 1.40 bits per heavy atom. The summed E-state index contributed by atoms with van der Waals surface area (Å²) in [5.41, 5.74) is -1.04. The summed E-state index contributed by atoms with van der Waals surface area (Å²) >= 11 is 0. The molecule has 2 unspecified atom stereocenters. The molecule has 2 atom stereocenters. The first-order valence-electron chi connectivity index (χ1n) is 6.25. The molecule has 1 aromatic rings. The molecule has 0 spiro atoms. The Labute approximate surface area is 115 Å². The zero-order chi connectivity index (χ0) is 14.8. The lowest BCUT2D eigenvalue weighted by atomic mass is 9.74. The van der Waals surface area contributed by atoms with E-state index in [1.165, 1.54) is 6.20 Å². The molecule has 0 aliphatic carbocycles. The Balaban J connectivity index is 2.32. The molecule has 1 saturated heterocycles. The van der Waals surface area contributed by atoms with Gasteiger partial charge in [0.05, 0.1) is 6.10 Å². The highest BCUT2D eigenvalue weighted by molar-refractivity contribution is 5.78. The van der Waals surface area contributed by atoms with Gasteiger partial charge in [0, 0.05) is 31.4 Å². The average molecular weight is 280 g/mol. The maximum atomic E-state index is 11.7. The summed E-state index contributed by atoms with van der Waals surface area (Å²) in [6, 6.07) is 5.09. The number of pyridine rings is 1. The molecule has 0 radical (unpaired) electrons. The highest BCUT2D eigenvalue weighted by atomic mass is 16.4. The quantitative estimate of drug-likeness (QED) is 0.741. The van der Waals surface area contributed by atoms with Gasteiger partial charge in [-0.25, -0.2) is 4.79 Å². The largest absolute Gasteiger partial charge is 0.481 e. The maximum Gasteiger partial charge on any atom is 0.407 e. The molecule has 2 rings (SSSR count). The number of aliphatic carboxylic acids is 1. The third kappa shape index (κ3) is 2.57. The second kappa shape index (κ2) is 5.46. The minimum atomic E-state index is -1.55. The van der Waals surface area contributed by atoms with Crippen molar-refractivity contribution in [2.45, 2.75) is 18.9 Å². The Hall–Kier alpha value is -2.15. The van der Waals surface area contributed by atoms with Crippen LogP contribution >= 0.6 is 0 Å². The number of carbonyl (C=O) groups is 2. The number of carboxylic acid groups (broad SMARTS) is 2. The second-order valence-electron chi connectivity index (χ2n) is 4.97. The molecule has 3 N–H and O–H groups in total. The molecule has 7 nitrogen and oxygen atoms in total. The topological polar surface area (TPSA) is 111 Å². The van der Waals surface area contributed by atoms with E-state index in [1.807, 2.05) is 0 Å². The number of aromatic nitrogens is 1. The lowest BCUT2D eigenvalue weighted by molar-refractivity contribution is -0.162. The van der Waals surface area contributed by atoms with E-state index in [1.54, 1.807) is 18.2 Å². The smallest absolute Gasteiger partial charge is 0.407 e. The van der Waals surface area contributed by atoms with E-state index >= 15 is 0 Å². The highest BCUT2D eigenvalue weighted by Gasteiger charge is 2.50. The summed E-state index contributed by atoms with van der Waals surface area (Å²) < 4.78 is 0. The van der Waals surface area contributed by atoms with Gasteiger partial charge in [-0.3, -0.25) is 9.78 Å². The lowest BCUT2D eigenvalue weighted by Crippen LogP contribution is -2.58. The van der Waals surface area contributed by atoms with Crippen LogP contribution in [0.5, 0.6) is 0 Å². The summed E-state index contributed by atoms with van der Waals surface area (Å²) in [5, 5.41) is 28.7. The van der Waals surface area contributed by atoms with Crippen LogP contribution in [0.4, 0.5) is 4.79 Å². The number of nitrogens with zero attached hydrogens (tertiary/aromatic N) is 2. The third-order valence-electron chi connectivity index (χ3n) is 3.70. The van der Waals surface area contributed by atoms with Gasteiger partial charge in [-0.2, -0.15) is 0 Å². The molecular weight excluding hydrogens is 264 g/mol. The Morgan fingerprint density at radius 2 is 2.15 bits per heavy atom. The van der Waals surface area contributed by atoms with Crippen LogP contribution in [0.2, 0.25) is 0 Å². The van der Waals surface area contributed by atoms with E-state index < -0.39 is 23.6 Å². The summed E-state index contributed by atoms with van der Waals surface area (Å²) in [6.45, 7) is -0.108. The molecule has 1 fully saturated rings. The van der Waals surface area contributed by atoms with Crippen LogP contribution in [0.1, 0.15) is 12.1 Å². The number of piperidine rings is 1. The van der Waals surface area contributed by atoms with E-state index in [0.717, 1.165) is 4.90 Å². The van der Waals surface area contributed by atoms with Crippen molar-refractivity contribution in [2.24, 2.45) is 5.41 Å². The van der Waals surface area contributed by atoms with Crippen molar-refractivity contribution in [1.82, 2.24) is 9.88 Å². The van der Waals surface area contributed by atoms with Gasteiger partial charge in [0.25, 0.3) is 0 Å². The van der Waals surface area contributed by atoms with Crippen molar-refractivity contribution in [2.75, 3.05) is 13.1 Å². The van der Waals surface area contributed by atoms with Gasteiger partial charge in [0.1, 0.15) is 5.41 Å². The molecule has 1 aliphatic rings. The average Bonchev–Trinajstić information content (AvgIpc) is 2.42. The van der Waals surface area contributed by atoms with Crippen molar-refractivity contribution in [3.8, 4) is 0 Å². The molecule has 7 heteroatoms. The van der Waals surface area contributed by atoms with Gasteiger partial charge in [-0.1, -0.05) is 6.07 Å². The summed E-state index contributed by atoms with van der Waals surface area (Å²) in [4.78, 5) is 27.8. The van der Waals surface area contributed by atoms with Crippen LogP contribution < -0.4 is 0 Å². The van der Waals surface area contributed by atoms with Crippen LogP contribution in [-0.4, -0.2) is 56.5 Å². The highest BCUT2D eigenvalue weighted by Crippen LogP contribution is 2.34. The molecule has 0 bridgehead atoms. The van der Waals surface area contributed by atoms with E-state index in [-0.39, 0.29) is 25.9 Å². The monoisotopic (exact) mass is 280 g/mol. The SMILES string of the molecule is O=C(O)N1CCC(O)C(Cc2ccccn2)(C(=O)O)C1. The van der Waals surface area contributed by atoms with E-state index in [0.29, 0.717) is 5.69 Å².